The smallest absolute Gasteiger partial charge is 0.0809 e. The number of nitrogens with zero attached hydrogens (tertiary/aromatic N) is 2. The first kappa shape index (κ1) is 17.7. The van der Waals surface area contributed by atoms with E-state index in [4.69, 9.17) is 9.47 Å². The first-order valence-corrected chi connectivity index (χ1v) is 9.93. The standard InChI is InChI=1S/C19H36N2O2/c1-16(2)21-10-4-3-6-17(21)14-20-11-8-18(9-12-20)23-15-19-7-5-13-22-19/h16-19H,3-15H2,1-2H3/t17-,19-/m1/s1. The quantitative estimate of drug-likeness (QED) is 0.750. The van der Waals surface area contributed by atoms with Crippen LogP contribution in [0.1, 0.15) is 58.8 Å². The van der Waals surface area contributed by atoms with Gasteiger partial charge < -0.3 is 14.4 Å². The third kappa shape index (κ3) is 5.15. The van der Waals surface area contributed by atoms with Gasteiger partial charge in [-0.1, -0.05) is 6.42 Å². The van der Waals surface area contributed by atoms with Crippen LogP contribution in [0.3, 0.4) is 0 Å². The normalized spacial score (nSPS) is 32.0. The zero-order valence-electron chi connectivity index (χ0n) is 15.2. The molecular formula is C19H36N2O2. The number of hydrogen-bond acceptors (Lipinski definition) is 4. The molecule has 0 bridgehead atoms. The highest BCUT2D eigenvalue weighted by Crippen LogP contribution is 2.23. The Morgan fingerprint density at radius 2 is 1.83 bits per heavy atom. The van der Waals surface area contributed by atoms with Gasteiger partial charge in [-0.3, -0.25) is 4.90 Å². The molecule has 0 spiro atoms. The van der Waals surface area contributed by atoms with E-state index in [2.05, 4.69) is 23.6 Å². The van der Waals surface area contributed by atoms with Crippen LogP contribution >= 0.6 is 0 Å². The third-order valence-electron chi connectivity index (χ3n) is 5.88. The first-order chi connectivity index (χ1) is 11.2. The fourth-order valence-electron chi connectivity index (χ4n) is 4.47. The number of ether oxygens (including phenoxy) is 2. The minimum absolute atomic E-state index is 0.370. The van der Waals surface area contributed by atoms with Gasteiger partial charge in [0.05, 0.1) is 18.8 Å². The number of likely N-dealkylation sites (tertiary alicyclic amines) is 2. The molecule has 3 aliphatic heterocycles. The average Bonchev–Trinajstić information content (AvgIpc) is 3.08. The van der Waals surface area contributed by atoms with Crippen LogP contribution in [-0.4, -0.2) is 73.5 Å². The first-order valence-electron chi connectivity index (χ1n) is 9.93. The molecule has 3 aliphatic rings. The van der Waals surface area contributed by atoms with E-state index >= 15 is 0 Å². The van der Waals surface area contributed by atoms with E-state index in [0.717, 1.165) is 19.3 Å². The molecule has 0 aliphatic carbocycles. The summed E-state index contributed by atoms with van der Waals surface area (Å²) in [6.45, 7) is 11.4. The summed E-state index contributed by atoms with van der Waals surface area (Å²) in [4.78, 5) is 5.40. The van der Waals surface area contributed by atoms with E-state index in [9.17, 15) is 0 Å². The van der Waals surface area contributed by atoms with Gasteiger partial charge >= 0.3 is 0 Å². The average molecular weight is 325 g/mol. The second-order valence-electron chi connectivity index (χ2n) is 7.95. The molecule has 0 aromatic rings. The summed E-state index contributed by atoms with van der Waals surface area (Å²) >= 11 is 0. The molecule has 3 rings (SSSR count). The molecule has 3 fully saturated rings. The number of rotatable bonds is 6. The van der Waals surface area contributed by atoms with E-state index in [1.807, 2.05) is 0 Å². The summed E-state index contributed by atoms with van der Waals surface area (Å²) in [6.07, 6.45) is 9.79. The Labute approximate surface area is 142 Å². The van der Waals surface area contributed by atoms with E-state index < -0.39 is 0 Å². The van der Waals surface area contributed by atoms with E-state index in [-0.39, 0.29) is 0 Å². The molecule has 134 valence electrons. The van der Waals surface area contributed by atoms with Gasteiger partial charge in [-0.25, -0.2) is 0 Å². The molecule has 3 heterocycles. The maximum atomic E-state index is 6.10. The molecular weight excluding hydrogens is 288 g/mol. The Hall–Kier alpha value is -0.160. The molecule has 4 nitrogen and oxygen atoms in total. The number of piperidine rings is 2. The summed E-state index contributed by atoms with van der Waals surface area (Å²) in [5.74, 6) is 0. The largest absolute Gasteiger partial charge is 0.376 e. The zero-order chi connectivity index (χ0) is 16.1. The van der Waals surface area contributed by atoms with Crippen LogP contribution in [0.25, 0.3) is 0 Å². The van der Waals surface area contributed by atoms with Crippen molar-refractivity contribution in [3.8, 4) is 0 Å². The fourth-order valence-corrected chi connectivity index (χ4v) is 4.47. The zero-order valence-corrected chi connectivity index (χ0v) is 15.2. The Kier molecular flexibility index (Phi) is 6.75. The lowest BCUT2D eigenvalue weighted by molar-refractivity contribution is -0.0452. The lowest BCUT2D eigenvalue weighted by Gasteiger charge is -2.42. The maximum Gasteiger partial charge on any atom is 0.0809 e. The monoisotopic (exact) mass is 324 g/mol. The highest BCUT2D eigenvalue weighted by Gasteiger charge is 2.28. The van der Waals surface area contributed by atoms with Crippen molar-refractivity contribution in [2.75, 3.05) is 39.4 Å². The van der Waals surface area contributed by atoms with Gasteiger partial charge in [-0.05, 0) is 58.9 Å². The van der Waals surface area contributed by atoms with Crippen molar-refractivity contribution < 1.29 is 9.47 Å². The van der Waals surface area contributed by atoms with Crippen molar-refractivity contribution in [1.82, 2.24) is 9.80 Å². The highest BCUT2D eigenvalue weighted by molar-refractivity contribution is 4.84. The molecule has 0 radical (unpaired) electrons. The lowest BCUT2D eigenvalue weighted by Crippen LogP contribution is -2.51. The summed E-state index contributed by atoms with van der Waals surface area (Å²) in [5, 5.41) is 0. The summed E-state index contributed by atoms with van der Waals surface area (Å²) in [6, 6.07) is 1.46. The Morgan fingerprint density at radius 3 is 2.52 bits per heavy atom. The van der Waals surface area contributed by atoms with Gasteiger partial charge in [0, 0.05) is 38.3 Å². The molecule has 0 saturated carbocycles. The fraction of sp³-hybridized carbons (Fsp3) is 1.00. The molecule has 0 unspecified atom stereocenters. The van der Waals surface area contributed by atoms with Crippen LogP contribution < -0.4 is 0 Å². The van der Waals surface area contributed by atoms with Crippen molar-refractivity contribution in [3.63, 3.8) is 0 Å². The Morgan fingerprint density at radius 1 is 1.00 bits per heavy atom. The van der Waals surface area contributed by atoms with E-state index in [1.54, 1.807) is 0 Å². The van der Waals surface area contributed by atoms with Crippen molar-refractivity contribution in [2.24, 2.45) is 0 Å². The van der Waals surface area contributed by atoms with Gasteiger partial charge in [0.25, 0.3) is 0 Å². The molecule has 0 amide bonds. The van der Waals surface area contributed by atoms with Gasteiger partial charge in [0.1, 0.15) is 0 Å². The molecule has 0 aromatic carbocycles. The molecule has 23 heavy (non-hydrogen) atoms. The highest BCUT2D eigenvalue weighted by atomic mass is 16.5. The second kappa shape index (κ2) is 8.80. The predicted molar refractivity (Wildman–Crippen MR) is 93.9 cm³/mol. The van der Waals surface area contributed by atoms with Gasteiger partial charge in [0.2, 0.25) is 0 Å². The van der Waals surface area contributed by atoms with Crippen LogP contribution in [0.5, 0.6) is 0 Å². The van der Waals surface area contributed by atoms with Gasteiger partial charge in [-0.15, -0.1) is 0 Å². The predicted octanol–water partition coefficient (Wildman–Crippen LogP) is 2.91. The SMILES string of the molecule is CC(C)N1CCCC[C@@H]1CN1CCC(OC[C@H]2CCCO2)CC1. The second-order valence-corrected chi connectivity index (χ2v) is 7.95. The molecule has 0 N–H and O–H groups in total. The minimum Gasteiger partial charge on any atom is -0.376 e. The van der Waals surface area contributed by atoms with Gasteiger partial charge in [0.15, 0.2) is 0 Å². The number of hydrogen-bond donors (Lipinski definition) is 0. The summed E-state index contributed by atoms with van der Waals surface area (Å²) < 4.78 is 11.8. The van der Waals surface area contributed by atoms with Crippen molar-refractivity contribution >= 4 is 0 Å². The Bertz CT molecular complexity index is 336. The maximum absolute atomic E-state index is 6.10. The molecule has 3 saturated heterocycles. The van der Waals surface area contributed by atoms with Crippen LogP contribution in [-0.2, 0) is 9.47 Å². The Balaban J connectivity index is 1.36. The molecule has 2 atom stereocenters. The summed E-state index contributed by atoms with van der Waals surface area (Å²) in [5.41, 5.74) is 0. The van der Waals surface area contributed by atoms with Crippen molar-refractivity contribution in [1.29, 1.82) is 0 Å². The third-order valence-corrected chi connectivity index (χ3v) is 5.88. The van der Waals surface area contributed by atoms with Crippen LogP contribution in [0.15, 0.2) is 0 Å². The minimum atomic E-state index is 0.370. The lowest BCUT2D eigenvalue weighted by atomic mass is 9.98. The van der Waals surface area contributed by atoms with Gasteiger partial charge in [-0.2, -0.15) is 0 Å². The summed E-state index contributed by atoms with van der Waals surface area (Å²) in [7, 11) is 0. The molecule has 0 aromatic heterocycles. The van der Waals surface area contributed by atoms with Crippen molar-refractivity contribution in [2.45, 2.75) is 83.1 Å². The van der Waals surface area contributed by atoms with Crippen LogP contribution in [0.4, 0.5) is 0 Å². The topological polar surface area (TPSA) is 24.9 Å². The van der Waals surface area contributed by atoms with Crippen LogP contribution in [0, 0.1) is 0 Å². The van der Waals surface area contributed by atoms with E-state index in [0.29, 0.717) is 18.2 Å². The van der Waals surface area contributed by atoms with E-state index in [1.165, 1.54) is 71.1 Å². The van der Waals surface area contributed by atoms with Crippen molar-refractivity contribution in [3.05, 3.63) is 0 Å². The molecule has 4 heteroatoms. The van der Waals surface area contributed by atoms with Crippen LogP contribution in [0.2, 0.25) is 0 Å².